The van der Waals surface area contributed by atoms with Crippen molar-refractivity contribution in [3.8, 4) is 0 Å². The lowest BCUT2D eigenvalue weighted by Gasteiger charge is -2.33. The van der Waals surface area contributed by atoms with Crippen LogP contribution in [0.2, 0.25) is 0 Å². The van der Waals surface area contributed by atoms with E-state index in [-0.39, 0.29) is 11.8 Å². The third kappa shape index (κ3) is 3.89. The predicted molar refractivity (Wildman–Crippen MR) is 84.1 cm³/mol. The lowest BCUT2D eigenvalue weighted by atomic mass is 9.97. The molecule has 0 spiro atoms. The second-order valence-electron chi connectivity index (χ2n) is 6.09. The van der Waals surface area contributed by atoms with Gasteiger partial charge in [-0.3, -0.25) is 4.79 Å². The van der Waals surface area contributed by atoms with Gasteiger partial charge in [-0.2, -0.15) is 0 Å². The molecule has 1 fully saturated rings. The molecule has 1 saturated heterocycles. The average molecular weight is 328 g/mol. The Morgan fingerprint density at radius 3 is 2.82 bits per heavy atom. The van der Waals surface area contributed by atoms with Crippen molar-refractivity contribution in [3.05, 3.63) is 23.7 Å². The van der Waals surface area contributed by atoms with Gasteiger partial charge in [0.15, 0.2) is 0 Å². The maximum Gasteiger partial charge on any atom is 0.257 e. The fraction of sp³-hybridized carbons (Fsp3) is 0.667. The number of rotatable bonds is 5. The van der Waals surface area contributed by atoms with Crippen molar-refractivity contribution in [1.82, 2.24) is 9.62 Å². The Balaban J connectivity index is 1.95. The summed E-state index contributed by atoms with van der Waals surface area (Å²) >= 11 is 0. The molecule has 1 aliphatic rings. The Morgan fingerprint density at radius 1 is 1.50 bits per heavy atom. The van der Waals surface area contributed by atoms with E-state index < -0.39 is 15.3 Å². The number of sulfonamides is 1. The quantitative estimate of drug-likeness (QED) is 0.893. The summed E-state index contributed by atoms with van der Waals surface area (Å²) in [5, 5.41) is -0.442. The monoisotopic (exact) mass is 328 g/mol. The first-order valence-corrected chi connectivity index (χ1v) is 9.17. The van der Waals surface area contributed by atoms with E-state index in [4.69, 9.17) is 4.42 Å². The molecule has 6 nitrogen and oxygen atoms in total. The molecule has 0 radical (unpaired) electrons. The van der Waals surface area contributed by atoms with E-state index in [0.717, 1.165) is 12.8 Å². The number of aryl methyl sites for hydroxylation is 1. The van der Waals surface area contributed by atoms with Gasteiger partial charge in [-0.05, 0) is 45.6 Å². The van der Waals surface area contributed by atoms with Gasteiger partial charge in [0.05, 0.1) is 17.1 Å². The van der Waals surface area contributed by atoms with Crippen molar-refractivity contribution < 1.29 is 17.6 Å². The fourth-order valence-electron chi connectivity index (χ4n) is 2.59. The summed E-state index contributed by atoms with van der Waals surface area (Å²) in [5.74, 6) is 0.730. The van der Waals surface area contributed by atoms with E-state index in [1.54, 1.807) is 31.7 Å². The van der Waals surface area contributed by atoms with Gasteiger partial charge in [-0.25, -0.2) is 13.1 Å². The number of hydrogen-bond acceptors (Lipinski definition) is 4. The van der Waals surface area contributed by atoms with Gasteiger partial charge in [-0.15, -0.1) is 0 Å². The zero-order chi connectivity index (χ0) is 16.3. The van der Waals surface area contributed by atoms with E-state index in [1.807, 2.05) is 0 Å². The van der Waals surface area contributed by atoms with Crippen molar-refractivity contribution in [1.29, 1.82) is 0 Å². The second-order valence-corrected chi connectivity index (χ2v) is 8.41. The van der Waals surface area contributed by atoms with Crippen LogP contribution in [0.15, 0.2) is 16.7 Å². The van der Waals surface area contributed by atoms with Gasteiger partial charge in [-0.1, -0.05) is 0 Å². The first-order chi connectivity index (χ1) is 10.3. The molecular weight excluding hydrogens is 304 g/mol. The Kier molecular flexibility index (Phi) is 5.28. The van der Waals surface area contributed by atoms with Crippen LogP contribution in [0, 0.1) is 12.8 Å². The van der Waals surface area contributed by atoms with Crippen LogP contribution in [0.5, 0.6) is 0 Å². The summed E-state index contributed by atoms with van der Waals surface area (Å²) in [4.78, 5) is 14.3. The van der Waals surface area contributed by atoms with Crippen LogP contribution >= 0.6 is 0 Å². The molecule has 22 heavy (non-hydrogen) atoms. The summed E-state index contributed by atoms with van der Waals surface area (Å²) in [6, 6.07) is 1.68. The third-order valence-corrected chi connectivity index (χ3v) is 5.90. The minimum atomic E-state index is -3.25. The van der Waals surface area contributed by atoms with E-state index in [1.165, 1.54) is 6.26 Å². The molecule has 124 valence electrons. The number of likely N-dealkylation sites (tertiary alicyclic amines) is 1. The highest BCUT2D eigenvalue weighted by molar-refractivity contribution is 7.90. The number of carbonyl (C=O) groups excluding carboxylic acids is 1. The Labute approximate surface area is 131 Å². The molecule has 1 aliphatic heterocycles. The van der Waals surface area contributed by atoms with Crippen LogP contribution in [0.1, 0.15) is 42.8 Å². The molecule has 1 N–H and O–H groups in total. The molecule has 1 aromatic rings. The molecule has 2 rings (SSSR count). The zero-order valence-corrected chi connectivity index (χ0v) is 14.1. The van der Waals surface area contributed by atoms with Crippen LogP contribution in [0.3, 0.4) is 0 Å². The first-order valence-electron chi connectivity index (χ1n) is 7.63. The largest absolute Gasteiger partial charge is 0.469 e. The number of piperidine rings is 1. The number of hydrogen-bond donors (Lipinski definition) is 1. The summed E-state index contributed by atoms with van der Waals surface area (Å²) in [5.41, 5.74) is 0.586. The Morgan fingerprint density at radius 2 is 2.23 bits per heavy atom. The lowest BCUT2D eigenvalue weighted by molar-refractivity contribution is 0.0674. The molecular formula is C15H24N2O4S. The van der Waals surface area contributed by atoms with Gasteiger partial charge < -0.3 is 9.32 Å². The van der Waals surface area contributed by atoms with Crippen LogP contribution in [0.4, 0.5) is 0 Å². The van der Waals surface area contributed by atoms with E-state index in [2.05, 4.69) is 4.72 Å². The maximum atomic E-state index is 12.5. The van der Waals surface area contributed by atoms with Crippen molar-refractivity contribution in [2.75, 3.05) is 19.6 Å². The van der Waals surface area contributed by atoms with Crippen molar-refractivity contribution in [2.45, 2.75) is 38.9 Å². The molecule has 7 heteroatoms. The third-order valence-electron chi connectivity index (χ3n) is 4.09. The minimum absolute atomic E-state index is 0.0392. The van der Waals surface area contributed by atoms with Crippen LogP contribution in [-0.4, -0.2) is 44.1 Å². The van der Waals surface area contributed by atoms with Gasteiger partial charge in [0, 0.05) is 19.6 Å². The molecule has 2 heterocycles. The predicted octanol–water partition coefficient (Wildman–Crippen LogP) is 1.77. The highest BCUT2D eigenvalue weighted by Crippen LogP contribution is 2.20. The number of furan rings is 1. The molecule has 1 amide bonds. The molecule has 1 atom stereocenters. The second kappa shape index (κ2) is 6.83. The molecule has 0 aliphatic carbocycles. The van der Waals surface area contributed by atoms with Gasteiger partial charge in [0.25, 0.3) is 5.91 Å². The highest BCUT2D eigenvalue weighted by Gasteiger charge is 2.27. The zero-order valence-electron chi connectivity index (χ0n) is 13.3. The van der Waals surface area contributed by atoms with E-state index >= 15 is 0 Å². The lowest BCUT2D eigenvalue weighted by Crippen LogP contribution is -2.44. The molecule has 1 aromatic heterocycles. The van der Waals surface area contributed by atoms with E-state index in [0.29, 0.717) is 31.0 Å². The van der Waals surface area contributed by atoms with E-state index in [9.17, 15) is 13.2 Å². The average Bonchev–Trinajstić information content (AvgIpc) is 2.91. The summed E-state index contributed by atoms with van der Waals surface area (Å²) in [7, 11) is -3.25. The maximum absolute atomic E-state index is 12.5. The summed E-state index contributed by atoms with van der Waals surface area (Å²) in [6.07, 6.45) is 3.33. The smallest absolute Gasteiger partial charge is 0.257 e. The molecule has 0 saturated carbocycles. The van der Waals surface area contributed by atoms with Crippen LogP contribution in [0.25, 0.3) is 0 Å². The van der Waals surface area contributed by atoms with Crippen molar-refractivity contribution in [2.24, 2.45) is 5.92 Å². The van der Waals surface area contributed by atoms with Gasteiger partial charge in [0.1, 0.15) is 5.76 Å². The Bertz CT molecular complexity index is 621. The molecule has 0 aromatic carbocycles. The van der Waals surface area contributed by atoms with Gasteiger partial charge >= 0.3 is 0 Å². The highest BCUT2D eigenvalue weighted by atomic mass is 32.2. The van der Waals surface area contributed by atoms with Crippen molar-refractivity contribution >= 4 is 15.9 Å². The Hall–Kier alpha value is -1.34. The van der Waals surface area contributed by atoms with Crippen LogP contribution in [-0.2, 0) is 10.0 Å². The van der Waals surface area contributed by atoms with Gasteiger partial charge in [0.2, 0.25) is 10.0 Å². The van der Waals surface area contributed by atoms with Crippen molar-refractivity contribution in [3.63, 3.8) is 0 Å². The number of nitrogens with one attached hydrogen (secondary N) is 1. The molecule has 1 unspecified atom stereocenters. The van der Waals surface area contributed by atoms with Crippen LogP contribution < -0.4 is 4.72 Å². The summed E-state index contributed by atoms with van der Waals surface area (Å²) in [6.45, 7) is 6.74. The fourth-order valence-corrected chi connectivity index (χ4v) is 3.40. The normalized spacial score (nSPS) is 19.6. The number of nitrogens with zero attached hydrogens (tertiary/aromatic N) is 1. The number of carbonyl (C=O) groups is 1. The minimum Gasteiger partial charge on any atom is -0.469 e. The first kappa shape index (κ1) is 17.0. The SMILES string of the molecule is Cc1occc1C(=O)N1CCCC(CNS(=O)(=O)C(C)C)C1. The number of amides is 1. The molecule has 0 bridgehead atoms. The summed E-state index contributed by atoms with van der Waals surface area (Å²) < 4.78 is 31.5. The standard InChI is InChI=1S/C15H24N2O4S/c1-11(2)22(19,20)16-9-13-5-4-7-17(10-13)15(18)14-6-8-21-12(14)3/h6,8,11,13,16H,4-5,7,9-10H2,1-3H3. The topological polar surface area (TPSA) is 79.6 Å².